The van der Waals surface area contributed by atoms with E-state index >= 15 is 0 Å². The molecule has 0 aromatic heterocycles. The second-order valence-corrected chi connectivity index (χ2v) is 6.28. The Morgan fingerprint density at radius 2 is 1.72 bits per heavy atom. The SMILES string of the molecule is COC1CN(CC2CC23CCNCC3)CC1OC. The molecule has 4 nitrogen and oxygen atoms in total. The van der Waals surface area contributed by atoms with Gasteiger partial charge in [0.1, 0.15) is 0 Å². The van der Waals surface area contributed by atoms with Crippen LogP contribution >= 0.6 is 0 Å². The summed E-state index contributed by atoms with van der Waals surface area (Å²) >= 11 is 0. The van der Waals surface area contributed by atoms with Crippen molar-refractivity contribution < 1.29 is 9.47 Å². The fourth-order valence-electron chi connectivity index (χ4n) is 3.96. The van der Waals surface area contributed by atoms with Crippen molar-refractivity contribution >= 4 is 0 Å². The van der Waals surface area contributed by atoms with E-state index < -0.39 is 0 Å². The third-order valence-electron chi connectivity index (χ3n) is 5.33. The molecule has 1 N–H and O–H groups in total. The summed E-state index contributed by atoms with van der Waals surface area (Å²) in [5.41, 5.74) is 0.693. The van der Waals surface area contributed by atoms with Crippen molar-refractivity contribution in [3.05, 3.63) is 0 Å². The molecule has 18 heavy (non-hydrogen) atoms. The minimum Gasteiger partial charge on any atom is -0.377 e. The summed E-state index contributed by atoms with van der Waals surface area (Å²) in [7, 11) is 3.59. The first-order valence-corrected chi connectivity index (χ1v) is 7.26. The monoisotopic (exact) mass is 254 g/mol. The highest BCUT2D eigenvalue weighted by Gasteiger charge is 2.54. The third kappa shape index (κ3) is 2.31. The van der Waals surface area contributed by atoms with Crippen molar-refractivity contribution in [3.63, 3.8) is 0 Å². The van der Waals surface area contributed by atoms with Gasteiger partial charge in [0, 0.05) is 33.9 Å². The molecule has 1 aliphatic carbocycles. The molecule has 3 fully saturated rings. The minimum absolute atomic E-state index is 0.262. The van der Waals surface area contributed by atoms with Gasteiger partial charge in [-0.15, -0.1) is 0 Å². The lowest BCUT2D eigenvalue weighted by molar-refractivity contribution is -0.00461. The van der Waals surface area contributed by atoms with Gasteiger partial charge in [-0.1, -0.05) is 0 Å². The lowest BCUT2D eigenvalue weighted by Gasteiger charge is -2.25. The van der Waals surface area contributed by atoms with Gasteiger partial charge in [0.05, 0.1) is 12.2 Å². The molecule has 3 atom stereocenters. The van der Waals surface area contributed by atoms with Gasteiger partial charge in [0.2, 0.25) is 0 Å². The van der Waals surface area contributed by atoms with Gasteiger partial charge < -0.3 is 14.8 Å². The highest BCUT2D eigenvalue weighted by Crippen LogP contribution is 2.58. The number of hydrogen-bond donors (Lipinski definition) is 1. The van der Waals surface area contributed by atoms with E-state index in [1.165, 1.54) is 38.9 Å². The Kier molecular flexibility index (Phi) is 3.63. The van der Waals surface area contributed by atoms with Crippen LogP contribution in [0.2, 0.25) is 0 Å². The second kappa shape index (κ2) is 5.08. The molecule has 2 aliphatic heterocycles. The summed E-state index contributed by atoms with van der Waals surface area (Å²) in [4.78, 5) is 2.55. The fraction of sp³-hybridized carbons (Fsp3) is 1.00. The van der Waals surface area contributed by atoms with Crippen LogP contribution in [0.25, 0.3) is 0 Å². The molecule has 104 valence electrons. The Bertz CT molecular complexity index is 280. The lowest BCUT2D eigenvalue weighted by Crippen LogP contribution is -2.32. The maximum Gasteiger partial charge on any atom is 0.0971 e. The maximum atomic E-state index is 5.51. The highest BCUT2D eigenvalue weighted by atomic mass is 16.5. The van der Waals surface area contributed by atoms with Crippen LogP contribution in [0.3, 0.4) is 0 Å². The molecule has 0 bridgehead atoms. The number of nitrogens with zero attached hydrogens (tertiary/aromatic N) is 1. The van der Waals surface area contributed by atoms with E-state index in [0.29, 0.717) is 5.41 Å². The zero-order valence-corrected chi connectivity index (χ0v) is 11.7. The molecule has 0 radical (unpaired) electrons. The van der Waals surface area contributed by atoms with E-state index in [1.807, 2.05) is 0 Å². The summed E-state index contributed by atoms with van der Waals surface area (Å²) in [6.07, 6.45) is 4.73. The van der Waals surface area contributed by atoms with E-state index in [4.69, 9.17) is 9.47 Å². The number of piperidine rings is 1. The maximum absolute atomic E-state index is 5.51. The van der Waals surface area contributed by atoms with Gasteiger partial charge in [0.25, 0.3) is 0 Å². The van der Waals surface area contributed by atoms with Crippen LogP contribution in [-0.2, 0) is 9.47 Å². The van der Waals surface area contributed by atoms with Crippen LogP contribution in [0, 0.1) is 11.3 Å². The van der Waals surface area contributed by atoms with Crippen molar-refractivity contribution in [1.29, 1.82) is 0 Å². The smallest absolute Gasteiger partial charge is 0.0971 e. The van der Waals surface area contributed by atoms with Gasteiger partial charge in [0.15, 0.2) is 0 Å². The van der Waals surface area contributed by atoms with Crippen molar-refractivity contribution in [2.45, 2.75) is 31.5 Å². The number of hydrogen-bond acceptors (Lipinski definition) is 4. The molecule has 1 spiro atoms. The predicted octanol–water partition coefficient (Wildman–Crippen LogP) is 0.722. The van der Waals surface area contributed by atoms with Gasteiger partial charge >= 0.3 is 0 Å². The van der Waals surface area contributed by atoms with Gasteiger partial charge in [-0.25, -0.2) is 0 Å². The Morgan fingerprint density at radius 1 is 1.11 bits per heavy atom. The van der Waals surface area contributed by atoms with Crippen molar-refractivity contribution in [3.8, 4) is 0 Å². The largest absolute Gasteiger partial charge is 0.377 e. The van der Waals surface area contributed by atoms with Crippen LogP contribution in [-0.4, -0.2) is 64.1 Å². The van der Waals surface area contributed by atoms with Crippen molar-refractivity contribution in [2.75, 3.05) is 46.9 Å². The highest BCUT2D eigenvalue weighted by molar-refractivity contribution is 5.06. The quantitative estimate of drug-likeness (QED) is 0.801. The molecular weight excluding hydrogens is 228 g/mol. The summed E-state index contributed by atoms with van der Waals surface area (Å²) in [6, 6.07) is 0. The number of methoxy groups -OCH3 is 2. The second-order valence-electron chi connectivity index (χ2n) is 6.28. The summed E-state index contributed by atoms with van der Waals surface area (Å²) in [5, 5.41) is 3.47. The number of rotatable bonds is 4. The molecular formula is C14H26N2O2. The Labute approximate surface area is 110 Å². The van der Waals surface area contributed by atoms with Crippen LogP contribution in [0.1, 0.15) is 19.3 Å². The summed E-state index contributed by atoms with van der Waals surface area (Å²) < 4.78 is 11.0. The lowest BCUT2D eigenvalue weighted by atomic mass is 9.92. The van der Waals surface area contributed by atoms with E-state index in [1.54, 1.807) is 14.2 Å². The average molecular weight is 254 g/mol. The zero-order chi connectivity index (χ0) is 12.6. The van der Waals surface area contributed by atoms with Crippen LogP contribution in [0.5, 0.6) is 0 Å². The first kappa shape index (κ1) is 12.9. The van der Waals surface area contributed by atoms with E-state index in [-0.39, 0.29) is 12.2 Å². The topological polar surface area (TPSA) is 33.7 Å². The molecule has 1 saturated carbocycles. The van der Waals surface area contributed by atoms with Crippen molar-refractivity contribution in [1.82, 2.24) is 10.2 Å². The molecule has 2 saturated heterocycles. The summed E-state index contributed by atoms with van der Waals surface area (Å²) in [5.74, 6) is 0.924. The minimum atomic E-state index is 0.262. The van der Waals surface area contributed by atoms with Crippen LogP contribution in [0.4, 0.5) is 0 Å². The molecule has 3 unspecified atom stereocenters. The molecule has 3 rings (SSSR count). The standard InChI is InChI=1S/C14H26N2O2/c1-17-12-9-16(10-13(12)18-2)8-11-7-14(11)3-5-15-6-4-14/h11-13,15H,3-10H2,1-2H3. The molecule has 0 amide bonds. The fourth-order valence-corrected chi connectivity index (χ4v) is 3.96. The first-order valence-electron chi connectivity index (χ1n) is 7.26. The number of nitrogens with one attached hydrogen (secondary N) is 1. The van der Waals surface area contributed by atoms with E-state index in [0.717, 1.165) is 19.0 Å². The normalized spacial score (nSPS) is 39.3. The predicted molar refractivity (Wildman–Crippen MR) is 70.7 cm³/mol. The Morgan fingerprint density at radius 3 is 2.28 bits per heavy atom. The average Bonchev–Trinajstić information content (AvgIpc) is 2.89. The van der Waals surface area contributed by atoms with Crippen LogP contribution < -0.4 is 5.32 Å². The molecule has 0 aromatic carbocycles. The van der Waals surface area contributed by atoms with Gasteiger partial charge in [-0.05, 0) is 43.7 Å². The Hall–Kier alpha value is -0.160. The third-order valence-corrected chi connectivity index (χ3v) is 5.33. The number of likely N-dealkylation sites (tertiary alicyclic amines) is 1. The molecule has 4 heteroatoms. The summed E-state index contributed by atoms with van der Waals surface area (Å²) in [6.45, 7) is 5.77. The van der Waals surface area contributed by atoms with Crippen molar-refractivity contribution in [2.24, 2.45) is 11.3 Å². The first-order chi connectivity index (χ1) is 8.77. The zero-order valence-electron chi connectivity index (χ0n) is 11.7. The van der Waals surface area contributed by atoms with E-state index in [2.05, 4.69) is 10.2 Å². The number of ether oxygens (including phenoxy) is 2. The molecule has 3 aliphatic rings. The van der Waals surface area contributed by atoms with Gasteiger partial charge in [-0.3, -0.25) is 4.90 Å². The Balaban J connectivity index is 1.50. The van der Waals surface area contributed by atoms with E-state index in [9.17, 15) is 0 Å². The van der Waals surface area contributed by atoms with Crippen LogP contribution in [0.15, 0.2) is 0 Å². The van der Waals surface area contributed by atoms with Gasteiger partial charge in [-0.2, -0.15) is 0 Å². The molecule has 2 heterocycles. The molecule has 0 aromatic rings.